The molecule has 3 rings (SSSR count). The van der Waals surface area contributed by atoms with E-state index in [4.69, 9.17) is 9.47 Å². The van der Waals surface area contributed by atoms with Crippen LogP contribution in [0.5, 0.6) is 5.75 Å². The predicted octanol–water partition coefficient (Wildman–Crippen LogP) is 10.8. The molecule has 4 unspecified atom stereocenters. The van der Waals surface area contributed by atoms with Gasteiger partial charge in [-0.2, -0.15) is 0 Å². The molecule has 7 nitrogen and oxygen atoms in total. The third-order valence-corrected chi connectivity index (χ3v) is 14.5. The first kappa shape index (κ1) is 45.3. The Morgan fingerprint density at radius 2 is 1.26 bits per heavy atom. The lowest BCUT2D eigenvalue weighted by atomic mass is 9.64. The van der Waals surface area contributed by atoms with E-state index >= 15 is 9.59 Å². The molecule has 4 atom stereocenters. The second-order valence-corrected chi connectivity index (χ2v) is 21.4. The van der Waals surface area contributed by atoms with Gasteiger partial charge in [-0.25, -0.2) is 0 Å². The lowest BCUT2D eigenvalue weighted by Crippen LogP contribution is -2.65. The van der Waals surface area contributed by atoms with Gasteiger partial charge in [-0.05, 0) is 148 Å². The second kappa shape index (κ2) is 15.8. The monoisotopic (exact) mass is 741 g/mol. The summed E-state index contributed by atoms with van der Waals surface area (Å²) in [5.74, 6) is -1.02. The molecule has 7 heteroatoms. The van der Waals surface area contributed by atoms with Crippen LogP contribution in [0.3, 0.4) is 0 Å². The van der Waals surface area contributed by atoms with Gasteiger partial charge in [0.25, 0.3) is 0 Å². The zero-order valence-corrected chi connectivity index (χ0v) is 37.4. The summed E-state index contributed by atoms with van der Waals surface area (Å²) in [6, 6.07) is 5.71. The van der Waals surface area contributed by atoms with E-state index in [2.05, 4.69) is 135 Å². The van der Waals surface area contributed by atoms with Gasteiger partial charge in [0.1, 0.15) is 18.0 Å². The fraction of sp³-hybridized carbons (Fsp3) is 0.826. The minimum Gasteiger partial charge on any atom is -0.508 e. The summed E-state index contributed by atoms with van der Waals surface area (Å²) < 4.78 is 13.7. The number of aromatic hydroxyl groups is 1. The molecule has 2 saturated heterocycles. The van der Waals surface area contributed by atoms with E-state index < -0.39 is 46.6 Å². The molecule has 1 N–H and O–H groups in total. The van der Waals surface area contributed by atoms with Crippen LogP contribution in [0.15, 0.2) is 18.2 Å². The van der Waals surface area contributed by atoms with Crippen LogP contribution in [0.25, 0.3) is 0 Å². The molecule has 53 heavy (non-hydrogen) atoms. The van der Waals surface area contributed by atoms with Gasteiger partial charge in [0.05, 0.1) is 11.1 Å². The standard InChI is InChI=1S/C46H80N2O5/c1-19-20-21-33(32-22-23-35(49)34(30-32)41(6,7)8)46(29-24-31(2)40(3,4)5,38(50)52-36-25-27-42(9,10)47(17)44(36,13)14)39(51)53-37-26-28-43(11,12)48(18)45(37,15)16/h22-23,30-31,33,36-37,49H,19-21,24-29H2,1-18H3. The zero-order chi connectivity index (χ0) is 40.8. The van der Waals surface area contributed by atoms with Crippen molar-refractivity contribution in [2.24, 2.45) is 16.7 Å². The molecule has 1 aromatic rings. The molecule has 2 aliphatic heterocycles. The van der Waals surface area contributed by atoms with E-state index in [1.54, 1.807) is 6.07 Å². The van der Waals surface area contributed by atoms with Crippen molar-refractivity contribution in [2.45, 2.75) is 214 Å². The van der Waals surface area contributed by atoms with Crippen LogP contribution in [0.1, 0.15) is 186 Å². The van der Waals surface area contributed by atoms with Crippen LogP contribution in [0.2, 0.25) is 0 Å². The average molecular weight is 741 g/mol. The summed E-state index contributed by atoms with van der Waals surface area (Å²) in [4.78, 5) is 36.0. The number of nitrogens with zero attached hydrogens (tertiary/aromatic N) is 2. The number of likely N-dealkylation sites (N-methyl/N-ethyl adjacent to an activating group) is 2. The number of hydrogen-bond acceptors (Lipinski definition) is 7. The van der Waals surface area contributed by atoms with Crippen molar-refractivity contribution < 1.29 is 24.2 Å². The number of likely N-dealkylation sites (tertiary alicyclic amines) is 2. The van der Waals surface area contributed by atoms with Crippen molar-refractivity contribution in [1.29, 1.82) is 0 Å². The SMILES string of the molecule is CCCCC(c1ccc(O)c(C(C)(C)C)c1)C(CCC(C)C(C)(C)C)(C(=O)OC1CCC(C)(C)N(C)C1(C)C)C(=O)OC1CCC(C)(C)N(C)C1(C)C. The molecular weight excluding hydrogens is 661 g/mol. The zero-order valence-electron chi connectivity index (χ0n) is 37.4. The molecule has 0 radical (unpaired) electrons. The Morgan fingerprint density at radius 1 is 0.811 bits per heavy atom. The number of esters is 2. The number of phenols is 1. The van der Waals surface area contributed by atoms with Gasteiger partial charge in [-0.3, -0.25) is 19.4 Å². The van der Waals surface area contributed by atoms with Gasteiger partial charge in [-0.15, -0.1) is 0 Å². The molecule has 0 aliphatic carbocycles. The topological polar surface area (TPSA) is 79.3 Å². The van der Waals surface area contributed by atoms with Crippen molar-refractivity contribution >= 4 is 11.9 Å². The van der Waals surface area contributed by atoms with Crippen molar-refractivity contribution in [3.63, 3.8) is 0 Å². The Bertz CT molecular complexity index is 1370. The minimum absolute atomic E-state index is 0.0320. The van der Waals surface area contributed by atoms with E-state index in [-0.39, 0.29) is 33.6 Å². The maximum Gasteiger partial charge on any atom is 0.324 e. The molecule has 2 fully saturated rings. The summed E-state index contributed by atoms with van der Waals surface area (Å²) in [6.45, 7) is 34.9. The summed E-state index contributed by atoms with van der Waals surface area (Å²) in [6.07, 6.45) is 5.65. The van der Waals surface area contributed by atoms with E-state index in [1.165, 1.54) is 0 Å². The predicted molar refractivity (Wildman–Crippen MR) is 219 cm³/mol. The molecule has 0 aromatic heterocycles. The first-order valence-electron chi connectivity index (χ1n) is 20.7. The van der Waals surface area contributed by atoms with Crippen molar-refractivity contribution in [2.75, 3.05) is 14.1 Å². The van der Waals surface area contributed by atoms with Crippen LogP contribution in [-0.4, -0.2) is 75.3 Å². The fourth-order valence-electron chi connectivity index (χ4n) is 8.98. The number of carbonyl (C=O) groups excluding carboxylic acids is 2. The second-order valence-electron chi connectivity index (χ2n) is 21.4. The Kier molecular flexibility index (Phi) is 13.5. The Hall–Kier alpha value is -2.12. The summed E-state index contributed by atoms with van der Waals surface area (Å²) in [5.41, 5.74) is -1.35. The Labute approximate surface area is 325 Å². The Morgan fingerprint density at radius 3 is 1.66 bits per heavy atom. The van der Waals surface area contributed by atoms with Gasteiger partial charge in [-0.1, -0.05) is 80.4 Å². The highest BCUT2D eigenvalue weighted by Crippen LogP contribution is 2.51. The number of phenolic OH excluding ortho intramolecular Hbond substituents is 1. The maximum absolute atomic E-state index is 15.7. The quantitative estimate of drug-likeness (QED) is 0.169. The minimum atomic E-state index is -1.61. The van der Waals surface area contributed by atoms with E-state index in [0.29, 0.717) is 32.1 Å². The highest BCUT2D eigenvalue weighted by Gasteiger charge is 2.59. The molecule has 2 aliphatic rings. The van der Waals surface area contributed by atoms with Gasteiger partial charge in [0, 0.05) is 17.0 Å². The van der Waals surface area contributed by atoms with Crippen LogP contribution in [0, 0.1) is 16.7 Å². The average Bonchev–Trinajstić information content (AvgIpc) is 3.03. The van der Waals surface area contributed by atoms with Crippen molar-refractivity contribution in [3.05, 3.63) is 29.3 Å². The number of ether oxygens (including phenoxy) is 2. The summed E-state index contributed by atoms with van der Waals surface area (Å²) in [5, 5.41) is 11.1. The lowest BCUT2D eigenvalue weighted by molar-refractivity contribution is -0.199. The van der Waals surface area contributed by atoms with Gasteiger partial charge < -0.3 is 14.6 Å². The fourth-order valence-corrected chi connectivity index (χ4v) is 8.98. The highest BCUT2D eigenvalue weighted by molar-refractivity contribution is 6.01. The first-order valence-corrected chi connectivity index (χ1v) is 20.7. The number of piperidine rings is 2. The number of carbonyl (C=O) groups is 2. The van der Waals surface area contributed by atoms with Crippen LogP contribution in [0.4, 0.5) is 0 Å². The molecule has 0 spiro atoms. The van der Waals surface area contributed by atoms with Crippen molar-refractivity contribution in [3.8, 4) is 5.75 Å². The number of rotatable bonds is 12. The molecule has 1 aromatic carbocycles. The smallest absolute Gasteiger partial charge is 0.324 e. The molecular formula is C46H80N2O5. The van der Waals surface area contributed by atoms with E-state index in [0.717, 1.165) is 36.8 Å². The van der Waals surface area contributed by atoms with Crippen LogP contribution in [-0.2, 0) is 24.5 Å². The first-order chi connectivity index (χ1) is 24.0. The number of unbranched alkanes of at least 4 members (excludes halogenated alkanes) is 1. The van der Waals surface area contributed by atoms with Crippen LogP contribution >= 0.6 is 0 Å². The normalized spacial score (nSPS) is 25.5. The third-order valence-electron chi connectivity index (χ3n) is 14.5. The van der Waals surface area contributed by atoms with Crippen molar-refractivity contribution in [1.82, 2.24) is 9.80 Å². The maximum atomic E-state index is 15.7. The molecule has 304 valence electrons. The third kappa shape index (κ3) is 9.30. The molecule has 0 bridgehead atoms. The van der Waals surface area contributed by atoms with E-state index in [9.17, 15) is 5.11 Å². The number of hydrogen-bond donors (Lipinski definition) is 1. The number of benzene rings is 1. The van der Waals surface area contributed by atoms with E-state index in [1.807, 2.05) is 12.1 Å². The highest BCUT2D eigenvalue weighted by atomic mass is 16.6. The summed E-state index contributed by atoms with van der Waals surface area (Å²) in [7, 11) is 4.23. The molecule has 0 amide bonds. The van der Waals surface area contributed by atoms with Gasteiger partial charge >= 0.3 is 11.9 Å². The van der Waals surface area contributed by atoms with Gasteiger partial charge in [0.2, 0.25) is 0 Å². The Balaban J connectivity index is 2.35. The van der Waals surface area contributed by atoms with Crippen LogP contribution < -0.4 is 0 Å². The lowest BCUT2D eigenvalue weighted by Gasteiger charge is -2.55. The largest absolute Gasteiger partial charge is 0.508 e. The molecule has 2 heterocycles. The summed E-state index contributed by atoms with van der Waals surface area (Å²) >= 11 is 0. The molecule has 0 saturated carbocycles. The van der Waals surface area contributed by atoms with Gasteiger partial charge in [0.15, 0.2) is 5.41 Å².